The molecule has 0 aromatic rings. The molecule has 6 heteroatoms. The highest BCUT2D eigenvalue weighted by Gasteiger charge is 2.42. The van der Waals surface area contributed by atoms with E-state index in [4.69, 9.17) is 4.74 Å². The van der Waals surface area contributed by atoms with Crippen LogP contribution in [0.5, 0.6) is 0 Å². The van der Waals surface area contributed by atoms with Crippen molar-refractivity contribution in [3.63, 3.8) is 0 Å². The number of likely N-dealkylation sites (N-methyl/N-ethyl adjacent to an activating group) is 1. The number of hydrogen-bond acceptors (Lipinski definition) is 4. The van der Waals surface area contributed by atoms with Crippen LogP contribution < -0.4 is 5.32 Å². The van der Waals surface area contributed by atoms with Crippen LogP contribution in [0.25, 0.3) is 0 Å². The molecule has 0 aliphatic rings. The first-order chi connectivity index (χ1) is 15.1. The van der Waals surface area contributed by atoms with Crippen molar-refractivity contribution in [1.82, 2.24) is 10.2 Å². The SMILES string of the molecule is CCOC(=O)/C(C)=C/C(C(C)C)N(C)C(=O)[C@@H](NC(=O)C(CC)(CC)CC(C)C)C(C)(C)C. The van der Waals surface area contributed by atoms with E-state index in [1.54, 1.807) is 31.9 Å². The lowest BCUT2D eigenvalue weighted by Crippen LogP contribution is -2.58. The molecule has 0 aromatic heterocycles. The summed E-state index contributed by atoms with van der Waals surface area (Å²) in [7, 11) is 1.74. The highest BCUT2D eigenvalue weighted by molar-refractivity contribution is 5.91. The minimum Gasteiger partial charge on any atom is -0.463 e. The van der Waals surface area contributed by atoms with Crippen LogP contribution in [0.2, 0.25) is 0 Å². The molecule has 0 heterocycles. The number of nitrogens with one attached hydrogen (secondary N) is 1. The molecule has 0 aromatic carbocycles. The lowest BCUT2D eigenvalue weighted by Gasteiger charge is -2.40. The third-order valence-corrected chi connectivity index (χ3v) is 6.52. The largest absolute Gasteiger partial charge is 0.463 e. The molecule has 0 saturated carbocycles. The molecular formula is C27H50N2O4. The van der Waals surface area contributed by atoms with Crippen LogP contribution >= 0.6 is 0 Å². The van der Waals surface area contributed by atoms with Crippen LogP contribution in [0.15, 0.2) is 11.6 Å². The van der Waals surface area contributed by atoms with Crippen molar-refractivity contribution in [3.05, 3.63) is 11.6 Å². The topological polar surface area (TPSA) is 75.7 Å². The molecular weight excluding hydrogens is 416 g/mol. The predicted molar refractivity (Wildman–Crippen MR) is 136 cm³/mol. The number of esters is 1. The number of hydrogen-bond donors (Lipinski definition) is 1. The molecule has 0 radical (unpaired) electrons. The van der Waals surface area contributed by atoms with Gasteiger partial charge in [-0.05, 0) is 50.4 Å². The summed E-state index contributed by atoms with van der Waals surface area (Å²) in [6, 6.07) is -0.987. The second kappa shape index (κ2) is 13.1. The molecule has 2 amide bonds. The Hall–Kier alpha value is -1.85. The Labute approximate surface area is 202 Å². The monoisotopic (exact) mass is 466 g/mol. The van der Waals surface area contributed by atoms with Gasteiger partial charge in [-0.2, -0.15) is 0 Å². The number of rotatable bonds is 12. The molecule has 0 saturated heterocycles. The Bertz CT molecular complexity index is 685. The van der Waals surface area contributed by atoms with Gasteiger partial charge in [0.1, 0.15) is 6.04 Å². The third-order valence-electron chi connectivity index (χ3n) is 6.52. The number of carbonyl (C=O) groups is 3. The van der Waals surface area contributed by atoms with Crippen LogP contribution in [-0.2, 0) is 19.1 Å². The fourth-order valence-electron chi connectivity index (χ4n) is 4.34. The van der Waals surface area contributed by atoms with Crippen LogP contribution in [0, 0.1) is 22.7 Å². The predicted octanol–water partition coefficient (Wildman–Crippen LogP) is 5.36. The Balaban J connectivity index is 6.06. The summed E-state index contributed by atoms with van der Waals surface area (Å²) in [6.07, 6.45) is 4.03. The number of carbonyl (C=O) groups excluding carboxylic acids is 3. The fraction of sp³-hybridized carbons (Fsp3) is 0.815. The van der Waals surface area contributed by atoms with Gasteiger partial charge in [-0.15, -0.1) is 0 Å². The molecule has 0 fully saturated rings. The van der Waals surface area contributed by atoms with Gasteiger partial charge in [0, 0.05) is 18.0 Å². The summed E-state index contributed by atoms with van der Waals surface area (Å²) >= 11 is 0. The van der Waals surface area contributed by atoms with Crippen molar-refractivity contribution < 1.29 is 19.1 Å². The molecule has 192 valence electrons. The van der Waals surface area contributed by atoms with Gasteiger partial charge in [-0.3, -0.25) is 9.59 Å². The lowest BCUT2D eigenvalue weighted by atomic mass is 9.74. The Morgan fingerprint density at radius 2 is 1.52 bits per heavy atom. The van der Waals surface area contributed by atoms with E-state index in [1.165, 1.54) is 0 Å². The van der Waals surface area contributed by atoms with E-state index in [9.17, 15) is 14.4 Å². The quantitative estimate of drug-likeness (QED) is 0.310. The third kappa shape index (κ3) is 8.78. The maximum Gasteiger partial charge on any atom is 0.333 e. The maximum absolute atomic E-state index is 13.7. The van der Waals surface area contributed by atoms with Gasteiger partial charge >= 0.3 is 5.97 Å². The Morgan fingerprint density at radius 1 is 1.00 bits per heavy atom. The standard InChI is InChI=1S/C27H50N2O4/c1-13-27(14-2,17-18(4)5)25(32)28-22(26(9,10)11)23(30)29(12)21(19(6)7)16-20(8)24(31)33-15-3/h16,18-19,21-22H,13-15,17H2,1-12H3,(H,28,32)/b20-16+/t21?,22-/m1/s1. The van der Waals surface area contributed by atoms with Gasteiger partial charge in [0.2, 0.25) is 11.8 Å². The maximum atomic E-state index is 13.7. The highest BCUT2D eigenvalue weighted by atomic mass is 16.5. The van der Waals surface area contributed by atoms with E-state index in [0.717, 1.165) is 19.3 Å². The minimum absolute atomic E-state index is 0.0535. The molecule has 0 spiro atoms. The zero-order chi connectivity index (χ0) is 26.1. The van der Waals surface area contributed by atoms with E-state index < -0.39 is 16.9 Å². The first-order valence-electron chi connectivity index (χ1n) is 12.5. The van der Waals surface area contributed by atoms with Gasteiger partial charge in [0.25, 0.3) is 0 Å². The first kappa shape index (κ1) is 31.1. The van der Waals surface area contributed by atoms with Gasteiger partial charge < -0.3 is 15.0 Å². The van der Waals surface area contributed by atoms with Crippen LogP contribution in [0.1, 0.15) is 95.4 Å². The van der Waals surface area contributed by atoms with Crippen LogP contribution in [0.4, 0.5) is 0 Å². The zero-order valence-corrected chi connectivity index (χ0v) is 23.3. The average Bonchev–Trinajstić information content (AvgIpc) is 2.71. The lowest BCUT2D eigenvalue weighted by molar-refractivity contribution is -0.143. The van der Waals surface area contributed by atoms with Crippen molar-refractivity contribution in [3.8, 4) is 0 Å². The van der Waals surface area contributed by atoms with Crippen molar-refractivity contribution in [2.75, 3.05) is 13.7 Å². The van der Waals surface area contributed by atoms with Gasteiger partial charge in [0.05, 0.1) is 12.6 Å². The number of ether oxygens (including phenoxy) is 1. The second-order valence-corrected chi connectivity index (χ2v) is 11.1. The van der Waals surface area contributed by atoms with E-state index in [2.05, 4.69) is 19.2 Å². The average molecular weight is 467 g/mol. The molecule has 33 heavy (non-hydrogen) atoms. The summed E-state index contributed by atoms with van der Waals surface area (Å²) < 4.78 is 5.10. The van der Waals surface area contributed by atoms with Crippen molar-refractivity contribution >= 4 is 17.8 Å². The van der Waals surface area contributed by atoms with E-state index >= 15 is 0 Å². The minimum atomic E-state index is -0.683. The van der Waals surface area contributed by atoms with Gasteiger partial charge in [0.15, 0.2) is 0 Å². The molecule has 0 rings (SSSR count). The summed E-state index contributed by atoms with van der Waals surface area (Å²) in [5.41, 5.74) is -0.499. The molecule has 2 atom stereocenters. The zero-order valence-electron chi connectivity index (χ0n) is 23.3. The highest BCUT2D eigenvalue weighted by Crippen LogP contribution is 2.35. The normalized spacial score (nSPS) is 14.8. The Morgan fingerprint density at radius 3 is 1.88 bits per heavy atom. The van der Waals surface area contributed by atoms with Crippen molar-refractivity contribution in [2.45, 2.75) is 108 Å². The van der Waals surface area contributed by atoms with Gasteiger partial charge in [-0.1, -0.05) is 68.4 Å². The first-order valence-corrected chi connectivity index (χ1v) is 12.5. The summed E-state index contributed by atoms with van der Waals surface area (Å²) in [6.45, 7) is 22.0. The van der Waals surface area contributed by atoms with Crippen LogP contribution in [0.3, 0.4) is 0 Å². The van der Waals surface area contributed by atoms with E-state index in [-0.39, 0.29) is 29.7 Å². The molecule has 0 aliphatic carbocycles. The Kier molecular flexibility index (Phi) is 12.4. The smallest absolute Gasteiger partial charge is 0.333 e. The fourth-order valence-corrected chi connectivity index (χ4v) is 4.34. The number of nitrogens with zero attached hydrogens (tertiary/aromatic N) is 1. The van der Waals surface area contributed by atoms with E-state index in [1.807, 2.05) is 48.5 Å². The molecule has 1 N–H and O–H groups in total. The summed E-state index contributed by atoms with van der Waals surface area (Å²) in [4.78, 5) is 41.1. The number of amides is 2. The summed E-state index contributed by atoms with van der Waals surface area (Å²) in [5.74, 6) is -0.140. The molecule has 1 unspecified atom stereocenters. The van der Waals surface area contributed by atoms with Crippen molar-refractivity contribution in [1.29, 1.82) is 0 Å². The van der Waals surface area contributed by atoms with Crippen LogP contribution in [-0.4, -0.2) is 48.4 Å². The van der Waals surface area contributed by atoms with E-state index in [0.29, 0.717) is 18.1 Å². The van der Waals surface area contributed by atoms with Crippen molar-refractivity contribution in [2.24, 2.45) is 22.7 Å². The summed E-state index contributed by atoms with van der Waals surface area (Å²) in [5, 5.41) is 3.13. The molecule has 0 aliphatic heterocycles. The van der Waals surface area contributed by atoms with Gasteiger partial charge in [-0.25, -0.2) is 4.79 Å². The second-order valence-electron chi connectivity index (χ2n) is 11.1. The molecule has 0 bridgehead atoms. The molecule has 6 nitrogen and oxygen atoms in total.